The van der Waals surface area contributed by atoms with Crippen molar-refractivity contribution in [3.63, 3.8) is 0 Å². The maximum atomic E-state index is 13.6. The lowest BCUT2D eigenvalue weighted by Crippen LogP contribution is -2.52. The highest BCUT2D eigenvalue weighted by Crippen LogP contribution is 2.61. The van der Waals surface area contributed by atoms with Crippen LogP contribution in [0.4, 0.5) is 0 Å². The second kappa shape index (κ2) is 11.2. The summed E-state index contributed by atoms with van der Waals surface area (Å²) >= 11 is 0. The van der Waals surface area contributed by atoms with Gasteiger partial charge in [-0.25, -0.2) is 0 Å². The molecule has 0 heterocycles. The van der Waals surface area contributed by atoms with Crippen LogP contribution in [0.1, 0.15) is 136 Å². The number of hydrogen-bond acceptors (Lipinski definition) is 2. The number of esters is 1. The zero-order chi connectivity index (χ0) is 20.6. The number of hydrogen-bond donors (Lipinski definition) is 0. The van der Waals surface area contributed by atoms with Crippen molar-refractivity contribution in [2.75, 3.05) is 6.61 Å². The molecule has 0 aliphatic heterocycles. The highest BCUT2D eigenvalue weighted by Gasteiger charge is 2.57. The molecule has 29 heavy (non-hydrogen) atoms. The lowest BCUT2D eigenvalue weighted by Gasteiger charge is -2.55. The van der Waals surface area contributed by atoms with Crippen LogP contribution >= 0.6 is 0 Å². The Labute approximate surface area is 180 Å². The quantitative estimate of drug-likeness (QED) is 0.286. The average molecular weight is 405 g/mol. The zero-order valence-corrected chi connectivity index (χ0v) is 19.6. The Morgan fingerprint density at radius 2 is 1.34 bits per heavy atom. The first-order valence-corrected chi connectivity index (χ1v) is 13.3. The molecule has 2 heteroatoms. The van der Waals surface area contributed by atoms with Gasteiger partial charge in [0.1, 0.15) is 0 Å². The second-order valence-electron chi connectivity index (χ2n) is 10.8. The zero-order valence-electron chi connectivity index (χ0n) is 19.6. The normalized spacial score (nSPS) is 30.8. The number of ether oxygens (including phenoxy) is 1. The van der Waals surface area contributed by atoms with Crippen molar-refractivity contribution < 1.29 is 9.53 Å². The summed E-state index contributed by atoms with van der Waals surface area (Å²) < 4.78 is 5.99. The molecule has 3 fully saturated rings. The molecule has 3 aliphatic carbocycles. The van der Waals surface area contributed by atoms with Gasteiger partial charge >= 0.3 is 5.97 Å². The van der Waals surface area contributed by atoms with E-state index in [1.165, 1.54) is 96.3 Å². The van der Waals surface area contributed by atoms with Crippen molar-refractivity contribution in [2.45, 2.75) is 136 Å². The van der Waals surface area contributed by atoms with Crippen LogP contribution in [0.5, 0.6) is 0 Å². The minimum atomic E-state index is -0.175. The maximum absolute atomic E-state index is 13.6. The first-order valence-electron chi connectivity index (χ1n) is 13.3. The molecule has 0 N–H and O–H groups in total. The van der Waals surface area contributed by atoms with Crippen LogP contribution in [0.3, 0.4) is 0 Å². The summed E-state index contributed by atoms with van der Waals surface area (Å²) in [6, 6.07) is 0. The van der Waals surface area contributed by atoms with Gasteiger partial charge in [-0.15, -0.1) is 0 Å². The molecule has 3 rings (SSSR count). The predicted octanol–water partition coefficient (Wildman–Crippen LogP) is 8.23. The molecule has 3 aliphatic rings. The highest BCUT2D eigenvalue weighted by molar-refractivity contribution is 5.78. The molecule has 2 nitrogen and oxygen atoms in total. The van der Waals surface area contributed by atoms with Crippen molar-refractivity contribution in [1.82, 2.24) is 0 Å². The van der Waals surface area contributed by atoms with Crippen LogP contribution in [-0.2, 0) is 9.53 Å². The van der Waals surface area contributed by atoms with Gasteiger partial charge in [-0.05, 0) is 68.6 Å². The van der Waals surface area contributed by atoms with E-state index >= 15 is 0 Å². The lowest BCUT2D eigenvalue weighted by molar-refractivity contribution is -0.175. The Hall–Kier alpha value is -0.530. The fourth-order valence-electron chi connectivity index (χ4n) is 7.31. The van der Waals surface area contributed by atoms with E-state index in [-0.39, 0.29) is 16.8 Å². The van der Waals surface area contributed by atoms with Gasteiger partial charge in [-0.1, -0.05) is 84.5 Å². The molecule has 0 unspecified atom stereocenters. The van der Waals surface area contributed by atoms with Gasteiger partial charge in [0.05, 0.1) is 12.0 Å². The SMILES string of the molecule is CCCCOC(=O)C1([C@]2(CCCC)CC[C@H](C3CCCCC3)CC2)CCCCC1. The van der Waals surface area contributed by atoms with E-state index in [1.54, 1.807) is 0 Å². The van der Waals surface area contributed by atoms with Crippen molar-refractivity contribution in [1.29, 1.82) is 0 Å². The molecular formula is C27H48O2. The van der Waals surface area contributed by atoms with Crippen LogP contribution < -0.4 is 0 Å². The molecule has 0 aromatic carbocycles. The molecule has 0 saturated heterocycles. The molecule has 0 amide bonds. The van der Waals surface area contributed by atoms with E-state index in [9.17, 15) is 4.79 Å². The Balaban J connectivity index is 1.77. The van der Waals surface area contributed by atoms with Crippen LogP contribution in [0.25, 0.3) is 0 Å². The van der Waals surface area contributed by atoms with E-state index in [0.29, 0.717) is 6.61 Å². The number of rotatable bonds is 9. The van der Waals surface area contributed by atoms with Crippen molar-refractivity contribution in [3.8, 4) is 0 Å². The average Bonchev–Trinajstić information content (AvgIpc) is 2.79. The largest absolute Gasteiger partial charge is 0.465 e. The summed E-state index contributed by atoms with van der Waals surface area (Å²) in [6.45, 7) is 5.12. The van der Waals surface area contributed by atoms with Crippen LogP contribution in [0.15, 0.2) is 0 Å². The summed E-state index contributed by atoms with van der Waals surface area (Å²) in [7, 11) is 0. The fraction of sp³-hybridized carbons (Fsp3) is 0.963. The van der Waals surface area contributed by atoms with Gasteiger partial charge in [0.25, 0.3) is 0 Å². The predicted molar refractivity (Wildman–Crippen MR) is 122 cm³/mol. The molecule has 3 saturated carbocycles. The standard InChI is InChI=1S/C27H48O2/c1-3-5-17-26(20-15-24(16-21-26)23-13-9-7-10-14-23)27(18-11-8-12-19-27)25(28)29-22-6-4-2/h23-24H,3-22H2,1-2H3/t24-,26+. The highest BCUT2D eigenvalue weighted by atomic mass is 16.5. The third kappa shape index (κ3) is 5.21. The van der Waals surface area contributed by atoms with Gasteiger partial charge in [0, 0.05) is 0 Å². The van der Waals surface area contributed by atoms with Gasteiger partial charge in [0.15, 0.2) is 0 Å². The minimum Gasteiger partial charge on any atom is -0.465 e. The summed E-state index contributed by atoms with van der Waals surface area (Å²) in [5.74, 6) is 2.10. The van der Waals surface area contributed by atoms with Crippen LogP contribution in [-0.4, -0.2) is 12.6 Å². The van der Waals surface area contributed by atoms with Gasteiger partial charge in [-0.3, -0.25) is 4.79 Å². The summed E-state index contributed by atoms with van der Waals surface area (Å²) in [4.78, 5) is 13.6. The topological polar surface area (TPSA) is 26.3 Å². The molecule has 0 atom stereocenters. The molecule has 0 aromatic rings. The minimum absolute atomic E-state index is 0.175. The smallest absolute Gasteiger partial charge is 0.312 e. The molecule has 0 radical (unpaired) electrons. The van der Waals surface area contributed by atoms with Crippen molar-refractivity contribution >= 4 is 5.97 Å². The van der Waals surface area contributed by atoms with Crippen LogP contribution in [0.2, 0.25) is 0 Å². The monoisotopic (exact) mass is 404 g/mol. The third-order valence-electron chi connectivity index (χ3n) is 9.16. The number of carbonyl (C=O) groups excluding carboxylic acids is 1. The van der Waals surface area contributed by atoms with E-state index in [0.717, 1.165) is 37.5 Å². The summed E-state index contributed by atoms with van der Waals surface area (Å²) in [6.07, 6.45) is 24.4. The van der Waals surface area contributed by atoms with Gasteiger partial charge in [0.2, 0.25) is 0 Å². The Morgan fingerprint density at radius 3 is 1.97 bits per heavy atom. The van der Waals surface area contributed by atoms with Gasteiger partial charge < -0.3 is 4.74 Å². The van der Waals surface area contributed by atoms with Crippen LogP contribution in [0, 0.1) is 22.7 Å². The van der Waals surface area contributed by atoms with E-state index in [1.807, 2.05) is 0 Å². The van der Waals surface area contributed by atoms with E-state index in [4.69, 9.17) is 4.74 Å². The van der Waals surface area contributed by atoms with Crippen molar-refractivity contribution in [2.24, 2.45) is 22.7 Å². The van der Waals surface area contributed by atoms with Gasteiger partial charge in [-0.2, -0.15) is 0 Å². The molecule has 0 bridgehead atoms. The second-order valence-corrected chi connectivity index (χ2v) is 10.8. The van der Waals surface area contributed by atoms with Crippen molar-refractivity contribution in [3.05, 3.63) is 0 Å². The molecule has 0 aromatic heterocycles. The van der Waals surface area contributed by atoms with E-state index < -0.39 is 0 Å². The third-order valence-corrected chi connectivity index (χ3v) is 9.16. The number of carbonyl (C=O) groups is 1. The summed E-state index contributed by atoms with van der Waals surface area (Å²) in [5, 5.41) is 0. The first kappa shape index (κ1) is 23.1. The Morgan fingerprint density at radius 1 is 0.759 bits per heavy atom. The molecule has 168 valence electrons. The fourth-order valence-corrected chi connectivity index (χ4v) is 7.31. The first-order chi connectivity index (χ1) is 14.2. The lowest BCUT2D eigenvalue weighted by atomic mass is 9.49. The van der Waals surface area contributed by atoms with E-state index in [2.05, 4.69) is 13.8 Å². The Bertz CT molecular complexity index is 477. The summed E-state index contributed by atoms with van der Waals surface area (Å²) in [5.41, 5.74) is 0.0452. The Kier molecular flexibility index (Phi) is 8.93. The number of unbranched alkanes of at least 4 members (excludes halogenated alkanes) is 2. The molecular weight excluding hydrogens is 356 g/mol. The molecule has 0 spiro atoms. The maximum Gasteiger partial charge on any atom is 0.312 e.